The number of rotatable bonds is 5. The van der Waals surface area contributed by atoms with Gasteiger partial charge < -0.3 is 15.4 Å². The Morgan fingerprint density at radius 1 is 0.967 bits per heavy atom. The number of carbonyl (C=O) groups is 3. The second-order valence-corrected chi connectivity index (χ2v) is 7.63. The van der Waals surface area contributed by atoms with Crippen LogP contribution < -0.4 is 10.6 Å². The smallest absolute Gasteiger partial charge is 0.337 e. The third-order valence-electron chi connectivity index (χ3n) is 5.49. The molecule has 0 spiro atoms. The number of hydrogen-bond donors (Lipinski definition) is 2. The van der Waals surface area contributed by atoms with E-state index < -0.39 is 5.97 Å². The van der Waals surface area contributed by atoms with Crippen LogP contribution in [0.25, 0.3) is 0 Å². The van der Waals surface area contributed by atoms with E-state index in [2.05, 4.69) is 10.6 Å². The number of benzene rings is 2. The highest BCUT2D eigenvalue weighted by Crippen LogP contribution is 2.23. The number of likely N-dealkylation sites (tertiary alicyclic amines) is 1. The van der Waals surface area contributed by atoms with Crippen molar-refractivity contribution in [2.75, 3.05) is 31.3 Å². The van der Waals surface area contributed by atoms with Gasteiger partial charge >= 0.3 is 5.97 Å². The van der Waals surface area contributed by atoms with Crippen LogP contribution in [0.1, 0.15) is 44.7 Å². The summed E-state index contributed by atoms with van der Waals surface area (Å²) in [6, 6.07) is 10.0. The van der Waals surface area contributed by atoms with E-state index in [1.807, 2.05) is 25.8 Å². The predicted molar refractivity (Wildman–Crippen MR) is 116 cm³/mol. The van der Waals surface area contributed by atoms with Crippen LogP contribution in [0.3, 0.4) is 0 Å². The second-order valence-electron chi connectivity index (χ2n) is 7.63. The van der Waals surface area contributed by atoms with Crippen LogP contribution in [-0.4, -0.2) is 49.4 Å². The molecule has 158 valence electrons. The van der Waals surface area contributed by atoms with Crippen molar-refractivity contribution >= 4 is 29.2 Å². The fourth-order valence-electron chi connectivity index (χ4n) is 3.55. The molecule has 0 bridgehead atoms. The minimum Gasteiger partial charge on any atom is -0.465 e. The topological polar surface area (TPSA) is 87.7 Å². The van der Waals surface area contributed by atoms with Crippen molar-refractivity contribution in [1.29, 1.82) is 0 Å². The summed E-state index contributed by atoms with van der Waals surface area (Å²) < 4.78 is 4.74. The summed E-state index contributed by atoms with van der Waals surface area (Å²) in [7, 11) is 3.25. The highest BCUT2D eigenvalue weighted by Gasteiger charge is 2.28. The van der Waals surface area contributed by atoms with Gasteiger partial charge in [0.1, 0.15) is 0 Å². The maximum Gasteiger partial charge on any atom is 0.337 e. The number of carbonyl (C=O) groups excluding carboxylic acids is 3. The van der Waals surface area contributed by atoms with Crippen LogP contribution in [0, 0.1) is 13.8 Å². The van der Waals surface area contributed by atoms with Gasteiger partial charge in [-0.25, -0.2) is 4.79 Å². The van der Waals surface area contributed by atoms with Crippen LogP contribution in [0.2, 0.25) is 0 Å². The van der Waals surface area contributed by atoms with Crippen LogP contribution in [0.15, 0.2) is 36.4 Å². The average molecular weight is 409 g/mol. The molecule has 7 heteroatoms. The van der Waals surface area contributed by atoms with Crippen LogP contribution >= 0.6 is 0 Å². The molecule has 7 nitrogen and oxygen atoms in total. The first-order valence-corrected chi connectivity index (χ1v) is 9.92. The number of nitrogens with one attached hydrogen (secondary N) is 2. The lowest BCUT2D eigenvalue weighted by molar-refractivity contribution is -0.119. The standard InChI is InChI=1S/C23H27N3O4/c1-14-7-9-16(12-18(14)25-22(28)20-6-5-11-26(20)3)21(27)24-19-13-17(23(29)30-4)10-8-15(19)2/h7-10,12-13,20H,5-6,11H2,1-4H3,(H,24,27)(H,25,28)/t20-/m0/s1. The second kappa shape index (κ2) is 9.09. The minimum absolute atomic E-state index is 0.0581. The maximum absolute atomic E-state index is 12.8. The Bertz CT molecular complexity index is 986. The van der Waals surface area contributed by atoms with Crippen molar-refractivity contribution in [2.45, 2.75) is 32.7 Å². The van der Waals surface area contributed by atoms with Gasteiger partial charge in [0.05, 0.1) is 18.7 Å². The summed E-state index contributed by atoms with van der Waals surface area (Å²) in [5.41, 5.74) is 3.62. The summed E-state index contributed by atoms with van der Waals surface area (Å²) in [5.74, 6) is -0.853. The van der Waals surface area contributed by atoms with Crippen LogP contribution in [-0.2, 0) is 9.53 Å². The first-order chi connectivity index (χ1) is 14.3. The van der Waals surface area contributed by atoms with Gasteiger partial charge in [-0.05, 0) is 75.7 Å². The Labute approximate surface area is 176 Å². The van der Waals surface area contributed by atoms with Gasteiger partial charge in [0.15, 0.2) is 0 Å². The van der Waals surface area contributed by atoms with Crippen molar-refractivity contribution in [3.63, 3.8) is 0 Å². The molecule has 1 aliphatic heterocycles. The maximum atomic E-state index is 12.8. The molecule has 0 radical (unpaired) electrons. The molecule has 30 heavy (non-hydrogen) atoms. The molecule has 2 aromatic carbocycles. The SMILES string of the molecule is COC(=O)c1ccc(C)c(NC(=O)c2ccc(C)c(NC(=O)[C@@H]3CCCN3C)c2)c1. The van der Waals surface area contributed by atoms with E-state index in [1.54, 1.807) is 36.4 Å². The van der Waals surface area contributed by atoms with Crippen molar-refractivity contribution in [1.82, 2.24) is 4.90 Å². The van der Waals surface area contributed by atoms with E-state index in [-0.39, 0.29) is 17.9 Å². The van der Waals surface area contributed by atoms with Crippen molar-refractivity contribution in [3.05, 3.63) is 58.7 Å². The van der Waals surface area contributed by atoms with E-state index in [4.69, 9.17) is 4.74 Å². The summed E-state index contributed by atoms with van der Waals surface area (Å²) in [4.78, 5) is 39.3. The monoisotopic (exact) mass is 409 g/mol. The van der Waals surface area contributed by atoms with Crippen LogP contribution in [0.5, 0.6) is 0 Å². The highest BCUT2D eigenvalue weighted by atomic mass is 16.5. The summed E-state index contributed by atoms with van der Waals surface area (Å²) in [6.45, 7) is 4.64. The predicted octanol–water partition coefficient (Wildman–Crippen LogP) is 3.38. The molecule has 2 aromatic rings. The van der Waals surface area contributed by atoms with E-state index >= 15 is 0 Å². The van der Waals surface area contributed by atoms with Gasteiger partial charge in [0.2, 0.25) is 5.91 Å². The zero-order chi connectivity index (χ0) is 21.8. The minimum atomic E-state index is -0.470. The van der Waals surface area contributed by atoms with Crippen molar-refractivity contribution in [2.24, 2.45) is 0 Å². The number of anilines is 2. The lowest BCUT2D eigenvalue weighted by Crippen LogP contribution is -2.37. The zero-order valence-electron chi connectivity index (χ0n) is 17.7. The summed E-state index contributed by atoms with van der Waals surface area (Å²) >= 11 is 0. The normalized spacial score (nSPS) is 16.2. The molecular weight excluding hydrogens is 382 g/mol. The molecule has 1 fully saturated rings. The van der Waals surface area contributed by atoms with E-state index in [0.717, 1.165) is 30.5 Å². The number of likely N-dealkylation sites (N-methyl/N-ethyl adjacent to an activating group) is 1. The molecular formula is C23H27N3O4. The molecule has 1 heterocycles. The third kappa shape index (κ3) is 4.68. The molecule has 2 amide bonds. The quantitative estimate of drug-likeness (QED) is 0.740. The molecule has 1 atom stereocenters. The van der Waals surface area contributed by atoms with Gasteiger partial charge in [0.25, 0.3) is 5.91 Å². The molecule has 0 unspecified atom stereocenters. The van der Waals surface area contributed by atoms with Gasteiger partial charge in [-0.15, -0.1) is 0 Å². The third-order valence-corrected chi connectivity index (χ3v) is 5.49. The Morgan fingerprint density at radius 3 is 2.17 bits per heavy atom. The number of hydrogen-bond acceptors (Lipinski definition) is 5. The fraction of sp³-hybridized carbons (Fsp3) is 0.348. The molecule has 2 N–H and O–H groups in total. The van der Waals surface area contributed by atoms with Crippen LogP contribution in [0.4, 0.5) is 11.4 Å². The van der Waals surface area contributed by atoms with E-state index in [1.165, 1.54) is 7.11 Å². The molecule has 1 aliphatic rings. The molecule has 0 saturated carbocycles. The van der Waals surface area contributed by atoms with Crippen molar-refractivity contribution < 1.29 is 19.1 Å². The average Bonchev–Trinajstić information content (AvgIpc) is 3.16. The zero-order valence-corrected chi connectivity index (χ0v) is 17.7. The largest absolute Gasteiger partial charge is 0.465 e. The molecule has 1 saturated heterocycles. The highest BCUT2D eigenvalue weighted by molar-refractivity contribution is 6.06. The van der Waals surface area contributed by atoms with E-state index in [0.29, 0.717) is 22.5 Å². The number of esters is 1. The number of aryl methyl sites for hydroxylation is 2. The first-order valence-electron chi connectivity index (χ1n) is 9.92. The molecule has 3 rings (SSSR count). The van der Waals surface area contributed by atoms with Gasteiger partial charge in [-0.1, -0.05) is 12.1 Å². The molecule has 0 aliphatic carbocycles. The Hall–Kier alpha value is -3.19. The number of ether oxygens (including phenoxy) is 1. The Kier molecular flexibility index (Phi) is 6.52. The first kappa shape index (κ1) is 21.5. The van der Waals surface area contributed by atoms with Gasteiger partial charge in [-0.2, -0.15) is 0 Å². The number of amides is 2. The van der Waals surface area contributed by atoms with Crippen molar-refractivity contribution in [3.8, 4) is 0 Å². The fourth-order valence-corrected chi connectivity index (χ4v) is 3.55. The Morgan fingerprint density at radius 2 is 1.57 bits per heavy atom. The van der Waals surface area contributed by atoms with Gasteiger partial charge in [0, 0.05) is 16.9 Å². The van der Waals surface area contributed by atoms with Gasteiger partial charge in [-0.3, -0.25) is 14.5 Å². The Balaban J connectivity index is 1.78. The lowest BCUT2D eigenvalue weighted by atomic mass is 10.1. The lowest BCUT2D eigenvalue weighted by Gasteiger charge is -2.19. The summed E-state index contributed by atoms with van der Waals surface area (Å²) in [5, 5.41) is 5.80. The van der Waals surface area contributed by atoms with E-state index in [9.17, 15) is 14.4 Å². The number of methoxy groups -OCH3 is 1. The molecule has 0 aromatic heterocycles. The summed E-state index contributed by atoms with van der Waals surface area (Å²) in [6.07, 6.45) is 1.83. The number of nitrogens with zero attached hydrogens (tertiary/aromatic N) is 1.